The van der Waals surface area contributed by atoms with Gasteiger partial charge in [0.25, 0.3) is 5.91 Å². The number of primary amides is 1. The molecule has 112 valence electrons. The summed E-state index contributed by atoms with van der Waals surface area (Å²) in [6.45, 7) is 0.0715. The fourth-order valence-electron chi connectivity index (χ4n) is 2.25. The van der Waals surface area contributed by atoms with Gasteiger partial charge in [-0.1, -0.05) is 15.9 Å². The molecule has 1 aromatic rings. The summed E-state index contributed by atoms with van der Waals surface area (Å²) in [5.41, 5.74) is 5.81. The Morgan fingerprint density at radius 3 is 2.76 bits per heavy atom. The van der Waals surface area contributed by atoms with E-state index in [1.807, 2.05) is 0 Å². The van der Waals surface area contributed by atoms with Crippen LogP contribution in [0.25, 0.3) is 0 Å². The van der Waals surface area contributed by atoms with Crippen molar-refractivity contribution in [1.82, 2.24) is 4.90 Å². The summed E-state index contributed by atoms with van der Waals surface area (Å²) >= 11 is 3.18. The standard InChI is InChI=1S/C13H12BrFN2O4/c1-21-13(20)10(4-11(16)18)17-5-8-7(12(17)19)2-6(15)3-9(8)14/h2-3,10H,4-5H2,1H3,(H2,16,18). The second kappa shape index (κ2) is 5.80. The van der Waals surface area contributed by atoms with Gasteiger partial charge in [-0.05, 0) is 17.7 Å². The zero-order valence-electron chi connectivity index (χ0n) is 11.1. The quantitative estimate of drug-likeness (QED) is 0.811. The molecule has 0 saturated carbocycles. The van der Waals surface area contributed by atoms with Gasteiger partial charge < -0.3 is 15.4 Å². The number of nitrogens with two attached hydrogens (primary N) is 1. The Labute approximate surface area is 128 Å². The number of hydrogen-bond acceptors (Lipinski definition) is 4. The predicted octanol–water partition coefficient (Wildman–Crippen LogP) is 0.961. The van der Waals surface area contributed by atoms with E-state index in [0.29, 0.717) is 10.0 Å². The number of carbonyl (C=O) groups excluding carboxylic acids is 3. The molecule has 0 bridgehead atoms. The maximum absolute atomic E-state index is 13.4. The van der Waals surface area contributed by atoms with Crippen LogP contribution in [0.5, 0.6) is 0 Å². The summed E-state index contributed by atoms with van der Waals surface area (Å²) in [7, 11) is 1.15. The van der Waals surface area contributed by atoms with Crippen LogP contribution in [0, 0.1) is 5.82 Å². The minimum Gasteiger partial charge on any atom is -0.467 e. The van der Waals surface area contributed by atoms with E-state index in [-0.39, 0.29) is 18.5 Å². The van der Waals surface area contributed by atoms with Crippen molar-refractivity contribution < 1.29 is 23.5 Å². The lowest BCUT2D eigenvalue weighted by atomic mass is 10.1. The van der Waals surface area contributed by atoms with Gasteiger partial charge in [0.15, 0.2) is 0 Å². The smallest absolute Gasteiger partial charge is 0.329 e. The Kier molecular flexibility index (Phi) is 4.26. The lowest BCUT2D eigenvalue weighted by Crippen LogP contribution is -2.44. The van der Waals surface area contributed by atoms with E-state index >= 15 is 0 Å². The number of carbonyl (C=O) groups is 3. The second-order valence-corrected chi connectivity index (χ2v) is 5.41. The highest BCUT2D eigenvalue weighted by Crippen LogP contribution is 2.32. The van der Waals surface area contributed by atoms with Crippen molar-refractivity contribution in [3.63, 3.8) is 0 Å². The summed E-state index contributed by atoms with van der Waals surface area (Å²) in [5.74, 6) is -2.59. The molecule has 8 heteroatoms. The summed E-state index contributed by atoms with van der Waals surface area (Å²) in [4.78, 5) is 36.3. The number of nitrogens with zero attached hydrogens (tertiary/aromatic N) is 1. The summed E-state index contributed by atoms with van der Waals surface area (Å²) in [6, 6.07) is 1.21. The van der Waals surface area contributed by atoms with Gasteiger partial charge in [0, 0.05) is 16.6 Å². The SMILES string of the molecule is COC(=O)C(CC(N)=O)N1Cc2c(Br)cc(F)cc2C1=O. The van der Waals surface area contributed by atoms with Gasteiger partial charge in [0.1, 0.15) is 11.9 Å². The third-order valence-corrected chi connectivity index (χ3v) is 3.93. The molecular formula is C13H12BrFN2O4. The third kappa shape index (κ3) is 2.90. The van der Waals surface area contributed by atoms with Crippen molar-refractivity contribution in [2.45, 2.75) is 19.0 Å². The maximum atomic E-state index is 13.4. The maximum Gasteiger partial charge on any atom is 0.329 e. The summed E-state index contributed by atoms with van der Waals surface area (Å²) < 4.78 is 18.4. The zero-order valence-corrected chi connectivity index (χ0v) is 12.6. The molecule has 1 aromatic carbocycles. The minimum atomic E-state index is -1.12. The van der Waals surface area contributed by atoms with Crippen LogP contribution in [0.2, 0.25) is 0 Å². The van der Waals surface area contributed by atoms with Crippen molar-refractivity contribution in [3.8, 4) is 0 Å². The van der Waals surface area contributed by atoms with Crippen molar-refractivity contribution in [2.75, 3.05) is 7.11 Å². The largest absolute Gasteiger partial charge is 0.467 e. The van der Waals surface area contributed by atoms with Crippen molar-refractivity contribution in [3.05, 3.63) is 33.5 Å². The van der Waals surface area contributed by atoms with E-state index in [0.717, 1.165) is 18.1 Å². The Morgan fingerprint density at radius 1 is 1.52 bits per heavy atom. The van der Waals surface area contributed by atoms with Crippen LogP contribution in [-0.4, -0.2) is 35.8 Å². The monoisotopic (exact) mass is 358 g/mol. The van der Waals surface area contributed by atoms with Crippen LogP contribution in [-0.2, 0) is 20.9 Å². The summed E-state index contributed by atoms with van der Waals surface area (Å²) in [5, 5.41) is 0. The number of benzene rings is 1. The molecule has 21 heavy (non-hydrogen) atoms. The molecule has 2 N–H and O–H groups in total. The molecule has 0 radical (unpaired) electrons. The first kappa shape index (κ1) is 15.4. The van der Waals surface area contributed by atoms with E-state index in [4.69, 9.17) is 5.73 Å². The van der Waals surface area contributed by atoms with Crippen LogP contribution < -0.4 is 5.73 Å². The number of rotatable bonds is 4. The molecule has 6 nitrogen and oxygen atoms in total. The molecule has 0 fully saturated rings. The van der Waals surface area contributed by atoms with Gasteiger partial charge in [0.05, 0.1) is 13.5 Å². The average Bonchev–Trinajstić information content (AvgIpc) is 2.73. The molecular weight excluding hydrogens is 347 g/mol. The van der Waals surface area contributed by atoms with Crippen molar-refractivity contribution in [2.24, 2.45) is 5.73 Å². The van der Waals surface area contributed by atoms with Gasteiger partial charge >= 0.3 is 5.97 Å². The van der Waals surface area contributed by atoms with Crippen LogP contribution >= 0.6 is 15.9 Å². The first-order valence-corrected chi connectivity index (χ1v) is 6.79. The predicted molar refractivity (Wildman–Crippen MR) is 73.6 cm³/mol. The number of methoxy groups -OCH3 is 1. The van der Waals surface area contributed by atoms with Gasteiger partial charge in [-0.3, -0.25) is 9.59 Å². The Balaban J connectivity index is 2.38. The molecule has 0 spiro atoms. The van der Waals surface area contributed by atoms with Crippen molar-refractivity contribution >= 4 is 33.7 Å². The first-order chi connectivity index (χ1) is 9.85. The number of halogens is 2. The number of fused-ring (bicyclic) bond motifs is 1. The minimum absolute atomic E-state index is 0.0715. The van der Waals surface area contributed by atoms with Crippen LogP contribution in [0.4, 0.5) is 4.39 Å². The molecule has 1 heterocycles. The number of hydrogen-bond donors (Lipinski definition) is 1. The average molecular weight is 359 g/mol. The van der Waals surface area contributed by atoms with Gasteiger partial charge in [-0.2, -0.15) is 0 Å². The number of ether oxygens (including phenoxy) is 1. The molecule has 0 aromatic heterocycles. The highest BCUT2D eigenvalue weighted by molar-refractivity contribution is 9.10. The van der Waals surface area contributed by atoms with Crippen LogP contribution in [0.1, 0.15) is 22.3 Å². The topological polar surface area (TPSA) is 89.7 Å². The molecule has 1 aliphatic rings. The van der Waals surface area contributed by atoms with E-state index < -0.39 is 29.6 Å². The van der Waals surface area contributed by atoms with Gasteiger partial charge in [-0.15, -0.1) is 0 Å². The normalized spacial score (nSPS) is 14.8. The first-order valence-electron chi connectivity index (χ1n) is 6.00. The highest BCUT2D eigenvalue weighted by atomic mass is 79.9. The lowest BCUT2D eigenvalue weighted by Gasteiger charge is -2.24. The van der Waals surface area contributed by atoms with Crippen molar-refractivity contribution in [1.29, 1.82) is 0 Å². The zero-order chi connectivity index (χ0) is 15.7. The number of amides is 2. The molecule has 2 rings (SSSR count). The van der Waals surface area contributed by atoms with Crippen LogP contribution in [0.15, 0.2) is 16.6 Å². The Bertz CT molecular complexity index is 635. The molecule has 1 atom stereocenters. The summed E-state index contributed by atoms with van der Waals surface area (Å²) in [6.07, 6.45) is -0.355. The molecule has 2 amide bonds. The fourth-order valence-corrected chi connectivity index (χ4v) is 2.81. The molecule has 0 saturated heterocycles. The fraction of sp³-hybridized carbons (Fsp3) is 0.308. The van der Waals surface area contributed by atoms with Gasteiger partial charge in [0.2, 0.25) is 5.91 Å². The number of esters is 1. The molecule has 1 aliphatic heterocycles. The lowest BCUT2D eigenvalue weighted by molar-refractivity contribution is -0.147. The molecule has 0 aliphatic carbocycles. The van der Waals surface area contributed by atoms with Crippen LogP contribution in [0.3, 0.4) is 0 Å². The van der Waals surface area contributed by atoms with E-state index in [1.165, 1.54) is 6.07 Å². The van der Waals surface area contributed by atoms with E-state index in [2.05, 4.69) is 20.7 Å². The van der Waals surface area contributed by atoms with E-state index in [9.17, 15) is 18.8 Å². The van der Waals surface area contributed by atoms with E-state index in [1.54, 1.807) is 0 Å². The third-order valence-electron chi connectivity index (χ3n) is 3.22. The van der Waals surface area contributed by atoms with Gasteiger partial charge in [-0.25, -0.2) is 9.18 Å². The Morgan fingerprint density at radius 2 is 2.19 bits per heavy atom. The molecule has 1 unspecified atom stereocenters. The Hall–Kier alpha value is -1.96. The second-order valence-electron chi connectivity index (χ2n) is 4.56. The highest BCUT2D eigenvalue weighted by Gasteiger charge is 2.39.